The summed E-state index contributed by atoms with van der Waals surface area (Å²) in [5.41, 5.74) is 0. The van der Waals surface area contributed by atoms with Gasteiger partial charge < -0.3 is 30.6 Å². The van der Waals surface area contributed by atoms with E-state index in [1.165, 1.54) is 0 Å². The summed E-state index contributed by atoms with van der Waals surface area (Å²) < 4.78 is 0. The second-order valence-electron chi connectivity index (χ2n) is 1.95. The first-order chi connectivity index (χ1) is 5.54. The van der Waals surface area contributed by atoms with Crippen molar-refractivity contribution in [3.05, 3.63) is 23.5 Å². The van der Waals surface area contributed by atoms with E-state index in [0.29, 0.717) is 0 Å². The van der Waals surface area contributed by atoms with Gasteiger partial charge in [0.05, 0.1) is 0 Å². The zero-order valence-electron chi connectivity index (χ0n) is 6.05. The Bertz CT molecular complexity index is 206. The minimum absolute atomic E-state index is 0.158. The maximum Gasteiger partial charge on any atom is 0.174 e. The average Bonchev–Trinajstić information content (AvgIpc) is 2.12. The van der Waals surface area contributed by atoms with Crippen LogP contribution in [0.15, 0.2) is 23.5 Å². The highest BCUT2D eigenvalue weighted by Gasteiger charge is 2.18. The van der Waals surface area contributed by atoms with Gasteiger partial charge in [0.15, 0.2) is 23.4 Å². The topological polar surface area (TPSA) is 121 Å². The summed E-state index contributed by atoms with van der Waals surface area (Å²) in [6.07, 6.45) is -1.77. The second-order valence-corrected chi connectivity index (χ2v) is 1.95. The molecule has 6 N–H and O–H groups in total. The number of rotatable bonds is 3. The van der Waals surface area contributed by atoms with E-state index in [4.69, 9.17) is 30.6 Å². The lowest BCUT2D eigenvalue weighted by molar-refractivity contribution is 0.114. The van der Waals surface area contributed by atoms with Crippen molar-refractivity contribution in [2.45, 2.75) is 6.10 Å². The quantitative estimate of drug-likeness (QED) is 0.328. The minimum Gasteiger partial charge on any atom is -0.512 e. The summed E-state index contributed by atoms with van der Waals surface area (Å²) in [6, 6.07) is 0. The zero-order chi connectivity index (χ0) is 9.72. The van der Waals surface area contributed by atoms with Gasteiger partial charge in [-0.1, -0.05) is 0 Å². The predicted octanol–water partition coefficient (Wildman–Crippen LogP) is -0.375. The number of hydrogen-bond acceptors (Lipinski definition) is 6. The van der Waals surface area contributed by atoms with Crippen LogP contribution in [0.3, 0.4) is 0 Å². The molecular weight excluding hydrogens is 168 g/mol. The SMILES string of the molecule is O/C=C(\O)[C@@H](O)/C(O)=C(\O)CO. The molecule has 0 heterocycles. The summed E-state index contributed by atoms with van der Waals surface area (Å²) in [5.74, 6) is -2.83. The van der Waals surface area contributed by atoms with E-state index in [-0.39, 0.29) is 6.26 Å². The monoisotopic (exact) mass is 178 g/mol. The summed E-state index contributed by atoms with van der Waals surface area (Å²) in [7, 11) is 0. The van der Waals surface area contributed by atoms with Crippen molar-refractivity contribution in [2.24, 2.45) is 0 Å². The molecular formula is C6H10O6. The summed E-state index contributed by atoms with van der Waals surface area (Å²) >= 11 is 0. The number of aliphatic hydroxyl groups is 6. The summed E-state index contributed by atoms with van der Waals surface area (Å²) in [5, 5.41) is 51.3. The molecule has 6 heteroatoms. The third-order valence-corrected chi connectivity index (χ3v) is 1.12. The molecule has 12 heavy (non-hydrogen) atoms. The molecule has 0 aromatic carbocycles. The van der Waals surface area contributed by atoms with E-state index in [1.54, 1.807) is 0 Å². The minimum atomic E-state index is -1.93. The van der Waals surface area contributed by atoms with Crippen LogP contribution in [0.5, 0.6) is 0 Å². The number of aliphatic hydroxyl groups excluding tert-OH is 6. The Morgan fingerprint density at radius 2 is 1.75 bits per heavy atom. The van der Waals surface area contributed by atoms with Gasteiger partial charge in [-0.25, -0.2) is 0 Å². The largest absolute Gasteiger partial charge is 0.512 e. The van der Waals surface area contributed by atoms with Crippen LogP contribution in [0, 0.1) is 0 Å². The van der Waals surface area contributed by atoms with Crippen LogP contribution in [-0.4, -0.2) is 43.4 Å². The van der Waals surface area contributed by atoms with Crippen LogP contribution in [0.4, 0.5) is 0 Å². The van der Waals surface area contributed by atoms with Crippen LogP contribution in [0.1, 0.15) is 0 Å². The average molecular weight is 178 g/mol. The summed E-state index contributed by atoms with van der Waals surface area (Å²) in [6.45, 7) is -0.873. The molecule has 0 aromatic heterocycles. The van der Waals surface area contributed by atoms with Gasteiger partial charge in [-0.3, -0.25) is 0 Å². The van der Waals surface area contributed by atoms with Gasteiger partial charge in [0.2, 0.25) is 0 Å². The molecule has 0 unspecified atom stereocenters. The van der Waals surface area contributed by atoms with Gasteiger partial charge in [-0.2, -0.15) is 0 Å². The van der Waals surface area contributed by atoms with Crippen molar-refractivity contribution in [1.29, 1.82) is 0 Å². The van der Waals surface area contributed by atoms with Gasteiger partial charge in [0.1, 0.15) is 12.9 Å². The van der Waals surface area contributed by atoms with Crippen molar-refractivity contribution in [1.82, 2.24) is 0 Å². The Kier molecular flexibility index (Phi) is 3.95. The molecule has 6 nitrogen and oxygen atoms in total. The highest BCUT2D eigenvalue weighted by Crippen LogP contribution is 2.09. The molecule has 0 aromatic rings. The van der Waals surface area contributed by atoms with Crippen LogP contribution in [0.2, 0.25) is 0 Å². The fraction of sp³-hybridized carbons (Fsp3) is 0.333. The van der Waals surface area contributed by atoms with Gasteiger partial charge in [0.25, 0.3) is 0 Å². The zero-order valence-corrected chi connectivity index (χ0v) is 6.05. The van der Waals surface area contributed by atoms with E-state index in [0.717, 1.165) is 0 Å². The molecule has 0 saturated heterocycles. The molecule has 0 aliphatic heterocycles. The normalized spacial score (nSPS) is 17.0. The molecule has 0 spiro atoms. The highest BCUT2D eigenvalue weighted by atomic mass is 16.4. The molecule has 0 rings (SSSR count). The summed E-state index contributed by atoms with van der Waals surface area (Å²) in [4.78, 5) is 0. The molecule has 0 aliphatic carbocycles. The highest BCUT2D eigenvalue weighted by molar-refractivity contribution is 5.13. The second kappa shape index (κ2) is 4.47. The van der Waals surface area contributed by atoms with Gasteiger partial charge in [-0.05, 0) is 0 Å². The first-order valence-corrected chi connectivity index (χ1v) is 2.97. The smallest absolute Gasteiger partial charge is 0.174 e. The Morgan fingerprint density at radius 1 is 1.25 bits per heavy atom. The lowest BCUT2D eigenvalue weighted by atomic mass is 10.2. The Morgan fingerprint density at radius 3 is 2.08 bits per heavy atom. The van der Waals surface area contributed by atoms with E-state index < -0.39 is 30.0 Å². The Hall–Kier alpha value is -1.40. The van der Waals surface area contributed by atoms with Crippen molar-refractivity contribution in [3.8, 4) is 0 Å². The maximum atomic E-state index is 8.83. The molecule has 0 saturated carbocycles. The molecule has 0 bridgehead atoms. The van der Waals surface area contributed by atoms with E-state index in [1.807, 2.05) is 0 Å². The van der Waals surface area contributed by atoms with Crippen molar-refractivity contribution in [3.63, 3.8) is 0 Å². The lowest BCUT2D eigenvalue weighted by Crippen LogP contribution is -2.16. The molecule has 1 atom stereocenters. The molecule has 0 radical (unpaired) electrons. The van der Waals surface area contributed by atoms with Gasteiger partial charge >= 0.3 is 0 Å². The van der Waals surface area contributed by atoms with Crippen LogP contribution >= 0.6 is 0 Å². The first kappa shape index (κ1) is 10.6. The molecule has 70 valence electrons. The molecule has 0 aliphatic rings. The van der Waals surface area contributed by atoms with Crippen molar-refractivity contribution >= 4 is 0 Å². The third-order valence-electron chi connectivity index (χ3n) is 1.12. The fourth-order valence-electron chi connectivity index (χ4n) is 0.449. The Balaban J connectivity index is 4.59. The van der Waals surface area contributed by atoms with Crippen molar-refractivity contribution < 1.29 is 30.6 Å². The molecule has 0 amide bonds. The maximum absolute atomic E-state index is 8.83. The lowest BCUT2D eigenvalue weighted by Gasteiger charge is -2.08. The van der Waals surface area contributed by atoms with E-state index in [2.05, 4.69) is 0 Å². The van der Waals surface area contributed by atoms with Crippen molar-refractivity contribution in [2.75, 3.05) is 6.61 Å². The predicted molar refractivity (Wildman–Crippen MR) is 38.7 cm³/mol. The standard InChI is InChI=1S/C6H10O6/c7-1-3(9)5(11)6(12)4(10)2-8/h1,5,7-12H,2H2/b3-1-,6-4+/t5-/m1/s1. The van der Waals surface area contributed by atoms with E-state index in [9.17, 15) is 0 Å². The van der Waals surface area contributed by atoms with Gasteiger partial charge in [-0.15, -0.1) is 0 Å². The number of hydrogen-bond donors (Lipinski definition) is 6. The van der Waals surface area contributed by atoms with Gasteiger partial charge in [0, 0.05) is 0 Å². The van der Waals surface area contributed by atoms with Crippen LogP contribution in [0.25, 0.3) is 0 Å². The van der Waals surface area contributed by atoms with E-state index >= 15 is 0 Å². The Labute approximate surface area is 68.0 Å². The van der Waals surface area contributed by atoms with Crippen LogP contribution < -0.4 is 0 Å². The molecule has 0 fully saturated rings. The third kappa shape index (κ3) is 2.33. The fourth-order valence-corrected chi connectivity index (χ4v) is 0.449. The first-order valence-electron chi connectivity index (χ1n) is 2.97. The van der Waals surface area contributed by atoms with Crippen LogP contribution in [-0.2, 0) is 0 Å².